The van der Waals surface area contributed by atoms with Gasteiger partial charge >= 0.3 is 41.5 Å². The van der Waals surface area contributed by atoms with Gasteiger partial charge in [-0.15, -0.1) is 12.4 Å². The van der Waals surface area contributed by atoms with Crippen LogP contribution in [0.2, 0.25) is 0 Å². The van der Waals surface area contributed by atoms with Crippen molar-refractivity contribution in [3.63, 3.8) is 0 Å². The molecule has 0 spiro atoms. The summed E-state index contributed by atoms with van der Waals surface area (Å²) in [7, 11) is 0. The van der Waals surface area contributed by atoms with E-state index in [4.69, 9.17) is 10.2 Å². The van der Waals surface area contributed by atoms with Crippen LogP contribution in [0.25, 0.3) is 0 Å². The number of hydrogen-bond acceptors (Lipinski definition) is 2. The molecule has 0 unspecified atom stereocenters. The van der Waals surface area contributed by atoms with Gasteiger partial charge in [0.05, 0.1) is 0 Å². The summed E-state index contributed by atoms with van der Waals surface area (Å²) in [4.78, 5) is 19.6. The molecule has 0 radical (unpaired) electrons. The second kappa shape index (κ2) is 10.2. The third-order valence-corrected chi connectivity index (χ3v) is 0.781. The van der Waals surface area contributed by atoms with Crippen molar-refractivity contribution in [2.24, 2.45) is 0 Å². The number of halogens is 1. The monoisotopic (exact) mass is 192 g/mol. The molecule has 0 heterocycles. The van der Waals surface area contributed by atoms with Gasteiger partial charge < -0.3 is 11.6 Å². The molecule has 4 nitrogen and oxygen atoms in total. The van der Waals surface area contributed by atoms with Gasteiger partial charge in [-0.1, -0.05) is 0 Å². The van der Waals surface area contributed by atoms with Crippen molar-refractivity contribution >= 4 is 24.3 Å². The molecule has 0 aromatic carbocycles. The molecule has 0 saturated carbocycles. The summed E-state index contributed by atoms with van der Waals surface area (Å²) < 4.78 is 0. The van der Waals surface area contributed by atoms with Crippen LogP contribution in [0, 0.1) is 0 Å². The number of carboxylic acid groups (broad SMARTS) is 2. The third kappa shape index (κ3) is 17.9. The Balaban J connectivity index is -0.000000107. The fourth-order valence-electron chi connectivity index (χ4n) is 0.391. The topological polar surface area (TPSA) is 74.6 Å². The van der Waals surface area contributed by atoms with Crippen LogP contribution >= 0.6 is 12.4 Å². The smallest absolute Gasteiger partial charge is 1.00 e. The van der Waals surface area contributed by atoms with Crippen molar-refractivity contribution in [3.8, 4) is 0 Å². The second-order valence-corrected chi connectivity index (χ2v) is 1.64. The maximum Gasteiger partial charge on any atom is 1.00 e. The summed E-state index contributed by atoms with van der Waals surface area (Å²) in [6.07, 6.45) is 0.0866. The molecular formula is C5H10ClNaO4. The van der Waals surface area contributed by atoms with Gasteiger partial charge in [-0.05, 0) is 6.42 Å². The summed E-state index contributed by atoms with van der Waals surface area (Å²) in [5, 5.41) is 16.1. The summed E-state index contributed by atoms with van der Waals surface area (Å²) >= 11 is 0. The van der Waals surface area contributed by atoms with E-state index in [9.17, 15) is 9.59 Å². The summed E-state index contributed by atoms with van der Waals surface area (Å²) in [6.45, 7) is 0. The normalized spacial score (nSPS) is 7.27. The van der Waals surface area contributed by atoms with Crippen LogP contribution in [0.4, 0.5) is 0 Å². The molecule has 0 amide bonds. The largest absolute Gasteiger partial charge is 1.00 e. The Morgan fingerprint density at radius 3 is 1.55 bits per heavy atom. The van der Waals surface area contributed by atoms with Gasteiger partial charge in [0.1, 0.15) is 0 Å². The van der Waals surface area contributed by atoms with E-state index in [1.165, 1.54) is 0 Å². The molecule has 0 atom stereocenters. The zero-order valence-electron chi connectivity index (χ0n) is 7.24. The quantitative estimate of drug-likeness (QED) is 0.499. The van der Waals surface area contributed by atoms with E-state index in [0.29, 0.717) is 0 Å². The van der Waals surface area contributed by atoms with Gasteiger partial charge in [0.15, 0.2) is 0 Å². The van der Waals surface area contributed by atoms with Gasteiger partial charge in [0.25, 0.3) is 0 Å². The molecule has 0 aromatic rings. The minimum atomic E-state index is -0.948. The number of carboxylic acids is 2. The van der Waals surface area contributed by atoms with Crippen molar-refractivity contribution in [2.75, 3.05) is 0 Å². The molecule has 6 heteroatoms. The van der Waals surface area contributed by atoms with Gasteiger partial charge in [-0.2, -0.15) is 0 Å². The van der Waals surface area contributed by atoms with E-state index in [1.807, 2.05) is 0 Å². The van der Waals surface area contributed by atoms with Crippen LogP contribution in [0.5, 0.6) is 0 Å². The zero-order valence-corrected chi connectivity index (χ0v) is 9.06. The van der Waals surface area contributed by atoms with Crippen molar-refractivity contribution in [3.05, 3.63) is 0 Å². The zero-order chi connectivity index (χ0) is 7.28. The average molecular weight is 193 g/mol. The average Bonchev–Trinajstić information content (AvgIpc) is 1.63. The molecule has 0 aliphatic heterocycles. The molecule has 11 heavy (non-hydrogen) atoms. The van der Waals surface area contributed by atoms with Crippen LogP contribution in [0.3, 0.4) is 0 Å². The van der Waals surface area contributed by atoms with E-state index in [2.05, 4.69) is 0 Å². The molecule has 0 rings (SSSR count). The predicted molar refractivity (Wildman–Crippen MR) is 37.5 cm³/mol. The Labute approximate surface area is 94.2 Å². The number of hydrogen-bond donors (Lipinski definition) is 2. The van der Waals surface area contributed by atoms with E-state index < -0.39 is 11.9 Å². The van der Waals surface area contributed by atoms with E-state index in [-0.39, 0.29) is 62.7 Å². The molecule has 0 aliphatic carbocycles. The van der Waals surface area contributed by atoms with Crippen molar-refractivity contribution in [1.82, 2.24) is 0 Å². The predicted octanol–water partition coefficient (Wildman–Crippen LogP) is -2.14. The fourth-order valence-corrected chi connectivity index (χ4v) is 0.391. The maximum absolute atomic E-state index is 9.79. The third-order valence-electron chi connectivity index (χ3n) is 0.781. The number of carbonyl (C=O) groups is 2. The molecule has 2 N–H and O–H groups in total. The minimum Gasteiger partial charge on any atom is -1.00 e. The van der Waals surface area contributed by atoms with Gasteiger partial charge in [0.2, 0.25) is 0 Å². The molecule has 0 aliphatic rings. The number of aliphatic carboxylic acids is 2. The Morgan fingerprint density at radius 2 is 1.36 bits per heavy atom. The summed E-state index contributed by atoms with van der Waals surface area (Å²) in [5.74, 6) is -1.90. The minimum absolute atomic E-state index is 0. The Morgan fingerprint density at radius 1 is 1.09 bits per heavy atom. The van der Waals surface area contributed by atoms with Gasteiger partial charge in [0, 0.05) is 12.8 Å². The van der Waals surface area contributed by atoms with Crippen LogP contribution in [-0.2, 0) is 9.59 Å². The fraction of sp³-hybridized carbons (Fsp3) is 0.600. The first-order chi connectivity index (χ1) is 4.13. The molecule has 0 bridgehead atoms. The van der Waals surface area contributed by atoms with Crippen LogP contribution in [0.1, 0.15) is 20.7 Å². The first-order valence-corrected chi connectivity index (χ1v) is 2.56. The first kappa shape index (κ1) is 17.4. The SMILES string of the molecule is Cl.O=C(O)CCCC(=O)O.[H-].[Na+]. The first-order valence-electron chi connectivity index (χ1n) is 2.56. The Kier molecular flexibility index (Phi) is 16.1. The van der Waals surface area contributed by atoms with Gasteiger partial charge in [-0.25, -0.2) is 0 Å². The van der Waals surface area contributed by atoms with Gasteiger partial charge in [-0.3, -0.25) is 9.59 Å². The maximum atomic E-state index is 9.79. The van der Waals surface area contributed by atoms with E-state index in [0.717, 1.165) is 0 Å². The Hall–Kier alpha value is 0.230. The molecular weight excluding hydrogens is 182 g/mol. The molecule has 0 saturated heterocycles. The second-order valence-electron chi connectivity index (χ2n) is 1.64. The summed E-state index contributed by atoms with van der Waals surface area (Å²) in [5.41, 5.74) is 0. The van der Waals surface area contributed by atoms with Crippen LogP contribution in [0.15, 0.2) is 0 Å². The van der Waals surface area contributed by atoms with Crippen molar-refractivity contribution in [1.29, 1.82) is 0 Å². The van der Waals surface area contributed by atoms with E-state index >= 15 is 0 Å². The molecule has 62 valence electrons. The van der Waals surface area contributed by atoms with Crippen LogP contribution < -0.4 is 29.6 Å². The summed E-state index contributed by atoms with van der Waals surface area (Å²) in [6, 6.07) is 0. The van der Waals surface area contributed by atoms with E-state index in [1.54, 1.807) is 0 Å². The van der Waals surface area contributed by atoms with Crippen molar-refractivity contribution in [2.45, 2.75) is 19.3 Å². The van der Waals surface area contributed by atoms with Crippen molar-refractivity contribution < 1.29 is 50.8 Å². The number of rotatable bonds is 4. The standard InChI is InChI=1S/C5H8O4.ClH.Na.H/c6-4(7)2-1-3-5(8)9;;;/h1-3H2,(H,6,7)(H,8,9);1H;;/q;;+1;-1. The molecule has 0 fully saturated rings. The molecule has 0 aromatic heterocycles. The Bertz CT molecular complexity index is 119. The van der Waals surface area contributed by atoms with Crippen LogP contribution in [-0.4, -0.2) is 22.2 Å².